The van der Waals surface area contributed by atoms with Crippen LogP contribution in [0, 0.1) is 13.8 Å². The van der Waals surface area contributed by atoms with Crippen LogP contribution in [-0.4, -0.2) is 20.9 Å². The molecule has 0 fully saturated rings. The molecule has 0 bridgehead atoms. The summed E-state index contributed by atoms with van der Waals surface area (Å²) in [7, 11) is -3.75. The van der Waals surface area contributed by atoms with E-state index in [0.29, 0.717) is 5.56 Å². The summed E-state index contributed by atoms with van der Waals surface area (Å²) in [5, 5.41) is 0. The van der Waals surface area contributed by atoms with Crippen LogP contribution in [0.3, 0.4) is 0 Å². The smallest absolute Gasteiger partial charge is 0.321 e. The molecule has 0 saturated carbocycles. The summed E-state index contributed by atoms with van der Waals surface area (Å²) in [6.45, 7) is 3.20. The molecule has 0 aromatic heterocycles. The molecule has 24 heavy (non-hydrogen) atoms. The van der Waals surface area contributed by atoms with Gasteiger partial charge in [-0.05, 0) is 48.7 Å². The van der Waals surface area contributed by atoms with Gasteiger partial charge in [-0.25, -0.2) is 8.42 Å². The number of benzene rings is 2. The summed E-state index contributed by atoms with van der Waals surface area (Å²) < 4.78 is 32.9. The zero-order chi connectivity index (χ0) is 17.7. The number of carbonyl (C=O) groups excluding carboxylic acids is 1. The molecule has 0 atom stereocenters. The van der Waals surface area contributed by atoms with Crippen molar-refractivity contribution in [2.45, 2.75) is 25.3 Å². The molecule has 0 heterocycles. The number of halogens is 1. The molecule has 0 aliphatic heterocycles. The van der Waals surface area contributed by atoms with Gasteiger partial charge in [0.15, 0.2) is 0 Å². The van der Waals surface area contributed by atoms with E-state index >= 15 is 0 Å². The molecular weight excluding hydrogens is 394 g/mol. The molecule has 0 saturated heterocycles. The second kappa shape index (κ2) is 7.92. The largest absolute Gasteiger partial charge is 0.460 e. The molecule has 2 aromatic rings. The van der Waals surface area contributed by atoms with Crippen LogP contribution >= 0.6 is 15.9 Å². The predicted octanol–water partition coefficient (Wildman–Crippen LogP) is 3.09. The molecule has 0 amide bonds. The Bertz CT molecular complexity index is 832. The second-order valence-electron chi connectivity index (χ2n) is 5.38. The Morgan fingerprint density at radius 3 is 2.46 bits per heavy atom. The van der Waals surface area contributed by atoms with Crippen LogP contribution in [0.2, 0.25) is 0 Å². The third-order valence-electron chi connectivity index (χ3n) is 3.35. The zero-order valence-corrected chi connectivity index (χ0v) is 15.8. The van der Waals surface area contributed by atoms with Crippen molar-refractivity contribution in [3.05, 3.63) is 63.6 Å². The van der Waals surface area contributed by atoms with Crippen molar-refractivity contribution < 1.29 is 17.9 Å². The van der Waals surface area contributed by atoms with E-state index in [-0.39, 0.29) is 11.5 Å². The van der Waals surface area contributed by atoms with Crippen LogP contribution < -0.4 is 4.72 Å². The van der Waals surface area contributed by atoms with Crippen LogP contribution in [0.25, 0.3) is 0 Å². The molecular formula is C17H18BrNO4S. The fraction of sp³-hybridized carbons (Fsp3) is 0.235. The molecule has 0 aliphatic rings. The van der Waals surface area contributed by atoms with E-state index in [2.05, 4.69) is 20.7 Å². The van der Waals surface area contributed by atoms with Crippen LogP contribution in [0.4, 0.5) is 0 Å². The Labute approximate surface area is 150 Å². The summed E-state index contributed by atoms with van der Waals surface area (Å²) in [6.07, 6.45) is 0. The molecule has 128 valence electrons. The van der Waals surface area contributed by atoms with Crippen molar-refractivity contribution in [2.75, 3.05) is 6.54 Å². The number of hydrogen-bond acceptors (Lipinski definition) is 4. The Kier molecular flexibility index (Phi) is 6.15. The Morgan fingerprint density at radius 2 is 1.79 bits per heavy atom. The van der Waals surface area contributed by atoms with Crippen LogP contribution in [-0.2, 0) is 26.2 Å². The van der Waals surface area contributed by atoms with Crippen LogP contribution in [0.15, 0.2) is 51.8 Å². The topological polar surface area (TPSA) is 72.5 Å². The maximum Gasteiger partial charge on any atom is 0.321 e. The number of esters is 1. The number of nitrogens with one attached hydrogen (secondary N) is 1. The van der Waals surface area contributed by atoms with Gasteiger partial charge in [-0.3, -0.25) is 4.79 Å². The van der Waals surface area contributed by atoms with Gasteiger partial charge < -0.3 is 4.74 Å². The van der Waals surface area contributed by atoms with E-state index in [9.17, 15) is 13.2 Å². The SMILES string of the molecule is Cc1ccc(C)c(S(=O)(=O)NCC(=O)OCc2ccc(Br)cc2)c1. The summed E-state index contributed by atoms with van der Waals surface area (Å²) in [4.78, 5) is 11.9. The van der Waals surface area contributed by atoms with Crippen molar-refractivity contribution >= 4 is 31.9 Å². The standard InChI is InChI=1S/C17H18BrNO4S/c1-12-3-4-13(2)16(9-12)24(21,22)19-10-17(20)23-11-14-5-7-15(18)8-6-14/h3-9,19H,10-11H2,1-2H3. The Morgan fingerprint density at radius 1 is 1.12 bits per heavy atom. The fourth-order valence-corrected chi connectivity index (χ4v) is 3.58. The summed E-state index contributed by atoms with van der Waals surface area (Å²) in [5.41, 5.74) is 2.28. The maximum absolute atomic E-state index is 12.3. The van der Waals surface area contributed by atoms with Gasteiger partial charge in [0, 0.05) is 4.47 Å². The van der Waals surface area contributed by atoms with Crippen molar-refractivity contribution in [3.8, 4) is 0 Å². The van der Waals surface area contributed by atoms with Crippen LogP contribution in [0.1, 0.15) is 16.7 Å². The lowest BCUT2D eigenvalue weighted by molar-refractivity contribution is -0.143. The van der Waals surface area contributed by atoms with Crippen LogP contribution in [0.5, 0.6) is 0 Å². The summed E-state index contributed by atoms with van der Waals surface area (Å²) >= 11 is 3.32. The summed E-state index contributed by atoms with van der Waals surface area (Å²) in [5.74, 6) is -0.633. The second-order valence-corrected chi connectivity index (χ2v) is 8.03. The lowest BCUT2D eigenvalue weighted by Crippen LogP contribution is -2.31. The average molecular weight is 412 g/mol. The van der Waals surface area contributed by atoms with Gasteiger partial charge in [0.2, 0.25) is 10.0 Å². The quantitative estimate of drug-likeness (QED) is 0.741. The third kappa shape index (κ3) is 5.15. The highest BCUT2D eigenvalue weighted by Crippen LogP contribution is 2.16. The van der Waals surface area contributed by atoms with Gasteiger partial charge in [-0.2, -0.15) is 4.72 Å². The molecule has 5 nitrogen and oxygen atoms in total. The highest BCUT2D eigenvalue weighted by atomic mass is 79.9. The zero-order valence-electron chi connectivity index (χ0n) is 13.4. The van der Waals surface area contributed by atoms with Gasteiger partial charge >= 0.3 is 5.97 Å². The number of hydrogen-bond donors (Lipinski definition) is 1. The third-order valence-corrected chi connectivity index (χ3v) is 5.42. The van der Waals surface area contributed by atoms with Gasteiger partial charge in [-0.1, -0.05) is 40.2 Å². The van der Waals surface area contributed by atoms with E-state index in [0.717, 1.165) is 15.6 Å². The number of ether oxygens (including phenoxy) is 1. The van der Waals surface area contributed by atoms with E-state index in [1.165, 1.54) is 0 Å². The van der Waals surface area contributed by atoms with E-state index in [1.54, 1.807) is 19.1 Å². The molecule has 2 rings (SSSR count). The van der Waals surface area contributed by atoms with Crippen molar-refractivity contribution in [3.63, 3.8) is 0 Å². The molecule has 0 spiro atoms. The van der Waals surface area contributed by atoms with Crippen molar-refractivity contribution in [1.82, 2.24) is 4.72 Å². The predicted molar refractivity (Wildman–Crippen MR) is 95.0 cm³/mol. The minimum absolute atomic E-state index is 0.0946. The Balaban J connectivity index is 1.93. The highest BCUT2D eigenvalue weighted by molar-refractivity contribution is 9.10. The molecule has 0 unspecified atom stereocenters. The van der Waals surface area contributed by atoms with E-state index in [1.807, 2.05) is 37.3 Å². The van der Waals surface area contributed by atoms with Crippen molar-refractivity contribution in [1.29, 1.82) is 0 Å². The van der Waals surface area contributed by atoms with Gasteiger partial charge in [0.1, 0.15) is 13.2 Å². The van der Waals surface area contributed by atoms with Gasteiger partial charge in [-0.15, -0.1) is 0 Å². The Hall–Kier alpha value is -1.70. The number of aryl methyl sites for hydroxylation is 2. The summed E-state index contributed by atoms with van der Waals surface area (Å²) in [6, 6.07) is 12.5. The minimum atomic E-state index is -3.75. The highest BCUT2D eigenvalue weighted by Gasteiger charge is 2.18. The number of rotatable bonds is 6. The minimum Gasteiger partial charge on any atom is -0.460 e. The van der Waals surface area contributed by atoms with Gasteiger partial charge in [0.05, 0.1) is 4.90 Å². The van der Waals surface area contributed by atoms with Crippen molar-refractivity contribution in [2.24, 2.45) is 0 Å². The maximum atomic E-state index is 12.3. The lowest BCUT2D eigenvalue weighted by Gasteiger charge is -2.10. The monoisotopic (exact) mass is 411 g/mol. The fourth-order valence-electron chi connectivity index (χ4n) is 2.02. The first-order valence-corrected chi connectivity index (χ1v) is 9.52. The normalized spacial score (nSPS) is 11.3. The average Bonchev–Trinajstić information content (AvgIpc) is 2.54. The first-order valence-electron chi connectivity index (χ1n) is 7.25. The first kappa shape index (κ1) is 18.6. The van der Waals surface area contributed by atoms with E-state index in [4.69, 9.17) is 4.74 Å². The van der Waals surface area contributed by atoms with E-state index < -0.39 is 22.5 Å². The first-order chi connectivity index (χ1) is 11.3. The number of carbonyl (C=O) groups is 1. The molecule has 0 aliphatic carbocycles. The molecule has 7 heteroatoms. The lowest BCUT2D eigenvalue weighted by atomic mass is 10.2. The molecule has 0 radical (unpaired) electrons. The molecule has 1 N–H and O–H groups in total. The molecule has 2 aromatic carbocycles. The number of sulfonamides is 1. The van der Waals surface area contributed by atoms with Gasteiger partial charge in [0.25, 0.3) is 0 Å².